The minimum absolute atomic E-state index is 0.102. The van der Waals surface area contributed by atoms with Crippen LogP contribution in [0.4, 0.5) is 0 Å². The van der Waals surface area contributed by atoms with Crippen LogP contribution in [-0.4, -0.2) is 6.54 Å². The number of aryl methyl sites for hydroxylation is 1. The Balaban J connectivity index is 2.38. The Hall–Kier alpha value is -0.100. The van der Waals surface area contributed by atoms with E-state index in [4.69, 9.17) is 4.42 Å². The molecule has 0 aliphatic heterocycles. The molecule has 0 bridgehead atoms. The first-order chi connectivity index (χ1) is 8.11. The lowest BCUT2D eigenvalue weighted by molar-refractivity contribution is 0.435. The van der Waals surface area contributed by atoms with Gasteiger partial charge < -0.3 is 9.73 Å². The maximum atomic E-state index is 5.72. The number of furan rings is 1. The van der Waals surface area contributed by atoms with Crippen LogP contribution in [0.2, 0.25) is 0 Å². The zero-order valence-electron chi connectivity index (χ0n) is 9.59. The van der Waals surface area contributed by atoms with Crippen LogP contribution in [0, 0.1) is 6.92 Å². The fraction of sp³-hybridized carbons (Fsp3) is 0.333. The number of hydrogen-bond donors (Lipinski definition) is 1. The molecule has 0 radical (unpaired) electrons. The molecule has 1 atom stereocenters. The average Bonchev–Trinajstić information content (AvgIpc) is 2.82. The molecule has 0 aromatic carbocycles. The first kappa shape index (κ1) is 13.3. The Morgan fingerprint density at radius 3 is 2.65 bits per heavy atom. The normalized spacial score (nSPS) is 12.9. The molecule has 5 heteroatoms. The van der Waals surface area contributed by atoms with Crippen molar-refractivity contribution in [3.8, 4) is 0 Å². The number of thiophene rings is 1. The Bertz CT molecular complexity index is 506. The van der Waals surface area contributed by atoms with Crippen molar-refractivity contribution >= 4 is 43.2 Å². The van der Waals surface area contributed by atoms with Crippen molar-refractivity contribution in [2.24, 2.45) is 0 Å². The van der Waals surface area contributed by atoms with Gasteiger partial charge in [-0.2, -0.15) is 0 Å². The Kier molecular flexibility index (Phi) is 4.47. The van der Waals surface area contributed by atoms with E-state index < -0.39 is 0 Å². The van der Waals surface area contributed by atoms with Gasteiger partial charge in [-0.15, -0.1) is 11.3 Å². The molecule has 17 heavy (non-hydrogen) atoms. The summed E-state index contributed by atoms with van der Waals surface area (Å²) in [4.78, 5) is 0. The lowest BCUT2D eigenvalue weighted by Crippen LogP contribution is -2.21. The average molecular weight is 379 g/mol. The van der Waals surface area contributed by atoms with E-state index in [-0.39, 0.29) is 6.04 Å². The van der Waals surface area contributed by atoms with Crippen LogP contribution in [0.15, 0.2) is 30.2 Å². The maximum absolute atomic E-state index is 5.72. The van der Waals surface area contributed by atoms with Crippen molar-refractivity contribution in [3.05, 3.63) is 42.9 Å². The van der Waals surface area contributed by atoms with E-state index in [1.54, 1.807) is 11.3 Å². The van der Waals surface area contributed by atoms with Crippen molar-refractivity contribution in [1.29, 1.82) is 0 Å². The molecule has 92 valence electrons. The van der Waals surface area contributed by atoms with E-state index in [2.05, 4.69) is 50.2 Å². The third-order valence-electron chi connectivity index (χ3n) is 2.45. The quantitative estimate of drug-likeness (QED) is 0.820. The van der Waals surface area contributed by atoms with Crippen LogP contribution >= 0.6 is 43.2 Å². The lowest BCUT2D eigenvalue weighted by Gasteiger charge is -2.15. The Morgan fingerprint density at radius 1 is 1.41 bits per heavy atom. The van der Waals surface area contributed by atoms with E-state index in [1.165, 1.54) is 5.56 Å². The minimum atomic E-state index is 0.102. The Morgan fingerprint density at radius 2 is 2.18 bits per heavy atom. The lowest BCUT2D eigenvalue weighted by atomic mass is 10.1. The molecule has 2 aromatic rings. The molecular weight excluding hydrogens is 366 g/mol. The van der Waals surface area contributed by atoms with Crippen LogP contribution in [0.3, 0.4) is 0 Å². The van der Waals surface area contributed by atoms with Gasteiger partial charge in [0.1, 0.15) is 11.5 Å². The first-order valence-electron chi connectivity index (χ1n) is 5.36. The molecule has 2 heterocycles. The highest BCUT2D eigenvalue weighted by molar-refractivity contribution is 9.12. The van der Waals surface area contributed by atoms with Crippen molar-refractivity contribution in [1.82, 2.24) is 5.32 Å². The van der Waals surface area contributed by atoms with Gasteiger partial charge in [0.2, 0.25) is 0 Å². The van der Waals surface area contributed by atoms with E-state index >= 15 is 0 Å². The molecule has 0 amide bonds. The highest BCUT2D eigenvalue weighted by Crippen LogP contribution is 2.38. The van der Waals surface area contributed by atoms with E-state index in [0.29, 0.717) is 0 Å². The van der Waals surface area contributed by atoms with Gasteiger partial charge in [0, 0.05) is 5.56 Å². The molecule has 0 saturated carbocycles. The number of hydrogen-bond acceptors (Lipinski definition) is 3. The van der Waals surface area contributed by atoms with Gasteiger partial charge in [-0.3, -0.25) is 0 Å². The molecule has 2 aromatic heterocycles. The molecule has 0 aliphatic carbocycles. The number of rotatable bonds is 4. The fourth-order valence-electron chi connectivity index (χ4n) is 1.73. The standard InChI is InChI=1S/C12H13Br2NOS/c1-3-15-11(9-5-4-7(2)16-9)8-6-10(13)17-12(8)14/h4-6,11,15H,3H2,1-2H3. The summed E-state index contributed by atoms with van der Waals surface area (Å²) < 4.78 is 7.97. The van der Waals surface area contributed by atoms with E-state index in [0.717, 1.165) is 25.6 Å². The third-order valence-corrected chi connectivity index (χ3v) is 4.83. The van der Waals surface area contributed by atoms with Crippen LogP contribution in [-0.2, 0) is 0 Å². The number of halogens is 2. The molecule has 1 unspecified atom stereocenters. The largest absolute Gasteiger partial charge is 0.464 e. The van der Waals surface area contributed by atoms with Crippen molar-refractivity contribution in [2.45, 2.75) is 19.9 Å². The fourth-order valence-corrected chi connectivity index (χ4v) is 4.63. The minimum Gasteiger partial charge on any atom is -0.464 e. The summed E-state index contributed by atoms with van der Waals surface area (Å²) in [6.07, 6.45) is 0. The monoisotopic (exact) mass is 377 g/mol. The summed E-state index contributed by atoms with van der Waals surface area (Å²) in [5.41, 5.74) is 1.21. The molecular formula is C12H13Br2NOS. The summed E-state index contributed by atoms with van der Waals surface area (Å²) >= 11 is 8.79. The zero-order valence-corrected chi connectivity index (χ0v) is 13.6. The SMILES string of the molecule is CCNC(c1ccc(C)o1)c1cc(Br)sc1Br. The Labute approximate surface area is 122 Å². The second-order valence-electron chi connectivity index (χ2n) is 3.72. The maximum Gasteiger partial charge on any atom is 0.125 e. The van der Waals surface area contributed by atoms with Gasteiger partial charge >= 0.3 is 0 Å². The summed E-state index contributed by atoms with van der Waals surface area (Å²) in [6.45, 7) is 4.95. The van der Waals surface area contributed by atoms with Crippen molar-refractivity contribution in [3.63, 3.8) is 0 Å². The molecule has 0 saturated heterocycles. The van der Waals surface area contributed by atoms with E-state index in [1.807, 2.05) is 19.1 Å². The van der Waals surface area contributed by atoms with Crippen LogP contribution in [0.5, 0.6) is 0 Å². The second kappa shape index (κ2) is 5.69. The predicted molar refractivity (Wildman–Crippen MR) is 78.7 cm³/mol. The van der Waals surface area contributed by atoms with Crippen LogP contribution in [0.25, 0.3) is 0 Å². The second-order valence-corrected chi connectivity index (χ2v) is 7.47. The first-order valence-corrected chi connectivity index (χ1v) is 7.76. The summed E-state index contributed by atoms with van der Waals surface area (Å²) in [5.74, 6) is 1.89. The van der Waals surface area contributed by atoms with Gasteiger partial charge in [-0.1, -0.05) is 6.92 Å². The van der Waals surface area contributed by atoms with Crippen molar-refractivity contribution in [2.75, 3.05) is 6.54 Å². The molecule has 0 fully saturated rings. The van der Waals surface area contributed by atoms with Gasteiger partial charge in [-0.25, -0.2) is 0 Å². The molecule has 2 rings (SSSR count). The van der Waals surface area contributed by atoms with Gasteiger partial charge in [0.25, 0.3) is 0 Å². The summed E-state index contributed by atoms with van der Waals surface area (Å²) in [5, 5.41) is 3.44. The van der Waals surface area contributed by atoms with Gasteiger partial charge in [0.15, 0.2) is 0 Å². The molecule has 0 aliphatic rings. The summed E-state index contributed by atoms with van der Waals surface area (Å²) in [7, 11) is 0. The topological polar surface area (TPSA) is 25.2 Å². The zero-order chi connectivity index (χ0) is 12.4. The van der Waals surface area contributed by atoms with Crippen LogP contribution < -0.4 is 5.32 Å². The van der Waals surface area contributed by atoms with Crippen LogP contribution in [0.1, 0.15) is 30.0 Å². The van der Waals surface area contributed by atoms with E-state index in [9.17, 15) is 0 Å². The molecule has 2 nitrogen and oxygen atoms in total. The molecule has 1 N–H and O–H groups in total. The highest BCUT2D eigenvalue weighted by Gasteiger charge is 2.20. The molecule has 0 spiro atoms. The van der Waals surface area contributed by atoms with Gasteiger partial charge in [-0.05, 0) is 63.5 Å². The van der Waals surface area contributed by atoms with Gasteiger partial charge in [0.05, 0.1) is 13.6 Å². The smallest absolute Gasteiger partial charge is 0.125 e. The number of nitrogens with one attached hydrogen (secondary N) is 1. The summed E-state index contributed by atoms with van der Waals surface area (Å²) in [6, 6.07) is 6.25. The predicted octanol–water partition coefficient (Wildman–Crippen LogP) is 4.87. The third kappa shape index (κ3) is 3.02. The van der Waals surface area contributed by atoms with Crippen molar-refractivity contribution < 1.29 is 4.42 Å². The highest BCUT2D eigenvalue weighted by atomic mass is 79.9.